The number of hydrogen-bond donors (Lipinski definition) is 0. The van der Waals surface area contributed by atoms with Crippen LogP contribution in [0.15, 0.2) is 66.7 Å². The van der Waals surface area contributed by atoms with Gasteiger partial charge in [-0.1, -0.05) is 42.5 Å². The van der Waals surface area contributed by atoms with Crippen LogP contribution in [0.5, 0.6) is 0 Å². The van der Waals surface area contributed by atoms with Crippen LogP contribution in [0.2, 0.25) is 0 Å². The van der Waals surface area contributed by atoms with Crippen molar-refractivity contribution in [3.05, 3.63) is 101 Å². The zero-order valence-electron chi connectivity index (χ0n) is 20.0. The van der Waals surface area contributed by atoms with Crippen molar-refractivity contribution in [2.75, 3.05) is 39.4 Å². The lowest BCUT2D eigenvalue weighted by atomic mass is 9.93. The van der Waals surface area contributed by atoms with Gasteiger partial charge in [0.25, 0.3) is 5.91 Å². The molecule has 0 bridgehead atoms. The van der Waals surface area contributed by atoms with Crippen molar-refractivity contribution in [1.82, 2.24) is 14.8 Å². The molecule has 3 aromatic rings. The number of nitrogens with zero attached hydrogens (tertiary/aromatic N) is 3. The monoisotopic (exact) mass is 473 g/mol. The largest absolute Gasteiger partial charge is 0.379 e. The minimum Gasteiger partial charge on any atom is -0.379 e. The molecule has 1 amide bonds. The van der Waals surface area contributed by atoms with Crippen LogP contribution in [0.3, 0.4) is 0 Å². The van der Waals surface area contributed by atoms with E-state index in [2.05, 4.69) is 11.0 Å². The van der Waals surface area contributed by atoms with Crippen molar-refractivity contribution in [2.24, 2.45) is 0 Å². The first kappa shape index (κ1) is 23.6. The van der Waals surface area contributed by atoms with E-state index in [1.54, 1.807) is 12.1 Å². The molecule has 2 saturated heterocycles. The van der Waals surface area contributed by atoms with Gasteiger partial charge in [0, 0.05) is 62.0 Å². The van der Waals surface area contributed by atoms with Gasteiger partial charge in [0.2, 0.25) is 0 Å². The van der Waals surface area contributed by atoms with Gasteiger partial charge in [-0.15, -0.1) is 0 Å². The van der Waals surface area contributed by atoms with E-state index < -0.39 is 0 Å². The van der Waals surface area contributed by atoms with Crippen LogP contribution in [-0.4, -0.2) is 60.1 Å². The molecule has 0 saturated carbocycles. The number of hydrogen-bond acceptors (Lipinski definition) is 4. The third-order valence-corrected chi connectivity index (χ3v) is 7.03. The second kappa shape index (κ2) is 11.1. The molecule has 0 radical (unpaired) electrons. The quantitative estimate of drug-likeness (QED) is 0.522. The zero-order chi connectivity index (χ0) is 24.0. The zero-order valence-corrected chi connectivity index (χ0v) is 20.0. The number of benzene rings is 2. The number of rotatable bonds is 6. The Labute approximate surface area is 206 Å². The van der Waals surface area contributed by atoms with Crippen LogP contribution < -0.4 is 0 Å². The van der Waals surface area contributed by atoms with Gasteiger partial charge in [0.05, 0.1) is 13.2 Å². The molecule has 5 nitrogen and oxygen atoms in total. The fourth-order valence-corrected chi connectivity index (χ4v) is 5.10. The van der Waals surface area contributed by atoms with Gasteiger partial charge in [0.15, 0.2) is 0 Å². The molecule has 3 heterocycles. The van der Waals surface area contributed by atoms with Gasteiger partial charge in [-0.05, 0) is 48.2 Å². The number of carbonyl (C=O) groups is 1. The third-order valence-electron chi connectivity index (χ3n) is 7.03. The van der Waals surface area contributed by atoms with Crippen molar-refractivity contribution in [3.8, 4) is 0 Å². The summed E-state index contributed by atoms with van der Waals surface area (Å²) < 4.78 is 19.6. The molecule has 2 aliphatic rings. The number of likely N-dealkylation sites (tertiary alicyclic amines) is 1. The van der Waals surface area contributed by atoms with Crippen LogP contribution in [0, 0.1) is 5.82 Å². The number of carbonyl (C=O) groups excluding carboxylic acids is 1. The molecule has 0 aliphatic carbocycles. The third kappa shape index (κ3) is 5.77. The van der Waals surface area contributed by atoms with Gasteiger partial charge < -0.3 is 9.64 Å². The summed E-state index contributed by atoms with van der Waals surface area (Å²) in [5.41, 5.74) is 4.35. The highest BCUT2D eigenvalue weighted by atomic mass is 19.1. The van der Waals surface area contributed by atoms with Crippen molar-refractivity contribution < 1.29 is 13.9 Å². The van der Waals surface area contributed by atoms with Gasteiger partial charge >= 0.3 is 0 Å². The smallest absolute Gasteiger partial charge is 0.254 e. The predicted molar refractivity (Wildman–Crippen MR) is 134 cm³/mol. The molecule has 1 atom stereocenters. The molecule has 182 valence electrons. The Morgan fingerprint density at radius 2 is 1.71 bits per heavy atom. The summed E-state index contributed by atoms with van der Waals surface area (Å²) in [5, 5.41) is 0. The lowest BCUT2D eigenvalue weighted by molar-refractivity contribution is 0.0339. The van der Waals surface area contributed by atoms with E-state index in [0.717, 1.165) is 74.7 Å². The summed E-state index contributed by atoms with van der Waals surface area (Å²) in [6.45, 7) is 5.45. The van der Waals surface area contributed by atoms with Crippen LogP contribution >= 0.6 is 0 Å². The first-order valence-electron chi connectivity index (χ1n) is 12.5. The first-order valence-corrected chi connectivity index (χ1v) is 12.5. The van der Waals surface area contributed by atoms with Crippen LogP contribution in [0.1, 0.15) is 51.6 Å². The highest BCUT2D eigenvalue weighted by Gasteiger charge is 2.28. The number of aromatic nitrogens is 1. The van der Waals surface area contributed by atoms with Crippen molar-refractivity contribution in [1.29, 1.82) is 0 Å². The van der Waals surface area contributed by atoms with Crippen molar-refractivity contribution in [3.63, 3.8) is 0 Å². The minimum absolute atomic E-state index is 0.0982. The van der Waals surface area contributed by atoms with E-state index in [-0.39, 0.29) is 17.6 Å². The molecular formula is C29H32FN3O2. The maximum absolute atomic E-state index is 14.1. The molecule has 2 aliphatic heterocycles. The first-order chi connectivity index (χ1) is 17.2. The Bertz CT molecular complexity index is 1160. The van der Waals surface area contributed by atoms with Gasteiger partial charge in [-0.25, -0.2) is 4.39 Å². The number of piperidine rings is 1. The second-order valence-corrected chi connectivity index (χ2v) is 9.46. The van der Waals surface area contributed by atoms with Crippen molar-refractivity contribution >= 4 is 5.91 Å². The number of ether oxygens (including phenoxy) is 1. The average Bonchev–Trinajstić information content (AvgIpc) is 2.91. The standard InChI is InChI=1S/C29H32FN3O2/c30-27-12-4-2-7-22(27)19-25-10-5-13-28(31-25)24-9-6-14-33(21-24)29(34)26-11-3-1-8-23(26)20-32-15-17-35-18-16-32/h1-5,7-8,10-13,24H,6,9,14-21H2/t24-/m0/s1. The topological polar surface area (TPSA) is 45.7 Å². The summed E-state index contributed by atoms with van der Waals surface area (Å²) in [5.74, 6) is 0.0747. The Hall–Kier alpha value is -3.09. The number of morpholine rings is 1. The normalized spacial score (nSPS) is 19.0. The molecule has 2 aromatic carbocycles. The van der Waals surface area contributed by atoms with Gasteiger partial charge in [0.1, 0.15) is 5.82 Å². The summed E-state index contributed by atoms with van der Waals surface area (Å²) in [6, 6.07) is 20.8. The minimum atomic E-state index is -0.204. The summed E-state index contributed by atoms with van der Waals surface area (Å²) in [6.07, 6.45) is 2.40. The SMILES string of the molecule is O=C(c1ccccc1CN1CCOCC1)N1CCC[C@H](c2cccc(Cc3ccccc3F)n2)C1. The highest BCUT2D eigenvalue weighted by Crippen LogP contribution is 2.28. The Morgan fingerprint density at radius 3 is 2.54 bits per heavy atom. The Morgan fingerprint density at radius 1 is 0.943 bits per heavy atom. The lowest BCUT2D eigenvalue weighted by Gasteiger charge is -2.33. The van der Waals surface area contributed by atoms with E-state index in [4.69, 9.17) is 9.72 Å². The van der Waals surface area contributed by atoms with E-state index in [9.17, 15) is 9.18 Å². The van der Waals surface area contributed by atoms with Crippen LogP contribution in [0.25, 0.3) is 0 Å². The highest BCUT2D eigenvalue weighted by molar-refractivity contribution is 5.95. The molecule has 0 unspecified atom stereocenters. The molecular weight excluding hydrogens is 441 g/mol. The number of pyridine rings is 1. The number of amides is 1. The van der Waals surface area contributed by atoms with E-state index in [0.29, 0.717) is 18.5 Å². The van der Waals surface area contributed by atoms with Crippen LogP contribution in [-0.2, 0) is 17.7 Å². The second-order valence-electron chi connectivity index (χ2n) is 9.46. The van der Waals surface area contributed by atoms with Crippen LogP contribution in [0.4, 0.5) is 4.39 Å². The maximum Gasteiger partial charge on any atom is 0.254 e. The lowest BCUT2D eigenvalue weighted by Crippen LogP contribution is -2.40. The molecule has 0 N–H and O–H groups in total. The number of halogens is 1. The summed E-state index contributed by atoms with van der Waals surface area (Å²) in [4.78, 5) is 22.8. The van der Waals surface area contributed by atoms with Crippen molar-refractivity contribution in [2.45, 2.75) is 31.7 Å². The summed E-state index contributed by atoms with van der Waals surface area (Å²) in [7, 11) is 0. The fraction of sp³-hybridized carbons (Fsp3) is 0.379. The Kier molecular flexibility index (Phi) is 7.50. The molecule has 5 rings (SSSR count). The van der Waals surface area contributed by atoms with E-state index >= 15 is 0 Å². The predicted octanol–water partition coefficient (Wildman–Crippen LogP) is 4.66. The van der Waals surface area contributed by atoms with Gasteiger partial charge in [-0.3, -0.25) is 14.7 Å². The van der Waals surface area contributed by atoms with E-state index in [1.165, 1.54) is 6.07 Å². The molecule has 2 fully saturated rings. The Balaban J connectivity index is 1.29. The summed E-state index contributed by atoms with van der Waals surface area (Å²) >= 11 is 0. The maximum atomic E-state index is 14.1. The average molecular weight is 474 g/mol. The molecule has 1 aromatic heterocycles. The molecule has 0 spiro atoms. The molecule has 35 heavy (non-hydrogen) atoms. The van der Waals surface area contributed by atoms with Gasteiger partial charge in [-0.2, -0.15) is 0 Å². The molecule has 6 heteroatoms. The van der Waals surface area contributed by atoms with E-state index in [1.807, 2.05) is 47.4 Å². The fourth-order valence-electron chi connectivity index (χ4n) is 5.10.